The van der Waals surface area contributed by atoms with E-state index in [4.69, 9.17) is 11.6 Å². The molecule has 0 bridgehead atoms. The van der Waals surface area contributed by atoms with Crippen molar-refractivity contribution in [2.45, 2.75) is 13.0 Å². The van der Waals surface area contributed by atoms with Crippen LogP contribution in [-0.2, 0) is 7.05 Å². The van der Waals surface area contributed by atoms with E-state index >= 15 is 0 Å². The highest BCUT2D eigenvalue weighted by atomic mass is 35.5. The molecule has 1 aromatic carbocycles. The van der Waals surface area contributed by atoms with Crippen LogP contribution in [-0.4, -0.2) is 45.1 Å². The Morgan fingerprint density at radius 1 is 1.44 bits per heavy atom. The zero-order valence-corrected chi connectivity index (χ0v) is 14.7. The number of nitrogens with zero attached hydrogens (tertiary/aromatic N) is 4. The van der Waals surface area contributed by atoms with Gasteiger partial charge in [-0.1, -0.05) is 29.8 Å². The van der Waals surface area contributed by atoms with Gasteiger partial charge in [-0.3, -0.25) is 19.6 Å². The molecular weight excluding hydrogens is 346 g/mol. The molecule has 0 aliphatic carbocycles. The highest BCUT2D eigenvalue weighted by Gasteiger charge is 2.36. The first-order valence-corrected chi connectivity index (χ1v) is 8.23. The van der Waals surface area contributed by atoms with Crippen molar-refractivity contribution in [1.29, 1.82) is 0 Å². The van der Waals surface area contributed by atoms with Gasteiger partial charge in [0.25, 0.3) is 5.91 Å². The van der Waals surface area contributed by atoms with Crippen LogP contribution in [0.25, 0.3) is 0 Å². The van der Waals surface area contributed by atoms with Crippen LogP contribution in [0.2, 0.25) is 5.02 Å². The molecule has 9 heteroatoms. The van der Waals surface area contributed by atoms with Crippen LogP contribution >= 0.6 is 11.6 Å². The maximum Gasteiger partial charge on any atom is 0.322 e. The molecule has 0 saturated carbocycles. The van der Waals surface area contributed by atoms with Crippen LogP contribution in [0, 0.1) is 17.0 Å². The molecule has 1 aliphatic rings. The molecule has 25 heavy (non-hydrogen) atoms. The number of hydrogen-bond acceptors (Lipinski definition) is 5. The summed E-state index contributed by atoms with van der Waals surface area (Å²) in [5.41, 5.74) is 0.775. The number of carbonyl (C=O) groups excluding carboxylic acids is 1. The first-order valence-electron chi connectivity index (χ1n) is 7.86. The molecule has 1 N–H and O–H groups in total. The van der Waals surface area contributed by atoms with Crippen molar-refractivity contribution in [1.82, 2.24) is 20.0 Å². The summed E-state index contributed by atoms with van der Waals surface area (Å²) in [5, 5.41) is 19.3. The average molecular weight is 364 g/mol. The fourth-order valence-corrected chi connectivity index (χ4v) is 3.47. The lowest BCUT2D eigenvalue weighted by atomic mass is 10.0. The van der Waals surface area contributed by atoms with Gasteiger partial charge < -0.3 is 10.2 Å². The summed E-state index contributed by atoms with van der Waals surface area (Å²) in [7, 11) is 1.54. The van der Waals surface area contributed by atoms with Gasteiger partial charge in [0.15, 0.2) is 0 Å². The Morgan fingerprint density at radius 2 is 2.16 bits per heavy atom. The number of benzene rings is 1. The van der Waals surface area contributed by atoms with Crippen molar-refractivity contribution in [2.24, 2.45) is 7.05 Å². The minimum atomic E-state index is -0.553. The average Bonchev–Trinajstić information content (AvgIpc) is 2.89. The number of piperazine rings is 1. The van der Waals surface area contributed by atoms with Crippen molar-refractivity contribution in [3.05, 3.63) is 56.4 Å². The van der Waals surface area contributed by atoms with Crippen molar-refractivity contribution in [3.8, 4) is 0 Å². The second-order valence-corrected chi connectivity index (χ2v) is 6.31. The molecule has 1 atom stereocenters. The molecule has 2 aromatic rings. The SMILES string of the molecule is Cc1nn(C)c(C(=O)N2CCNCC2c2ccccc2Cl)c1[N+](=O)[O-]. The molecule has 1 aliphatic heterocycles. The maximum absolute atomic E-state index is 13.1. The topological polar surface area (TPSA) is 93.3 Å². The first kappa shape index (κ1) is 17.4. The normalized spacial score (nSPS) is 17.6. The molecular formula is C16H18ClN5O3. The molecule has 2 heterocycles. The second-order valence-electron chi connectivity index (χ2n) is 5.90. The van der Waals surface area contributed by atoms with Crippen molar-refractivity contribution < 1.29 is 9.72 Å². The van der Waals surface area contributed by atoms with Crippen LogP contribution < -0.4 is 5.32 Å². The summed E-state index contributed by atoms with van der Waals surface area (Å²) >= 11 is 6.30. The van der Waals surface area contributed by atoms with Gasteiger partial charge in [-0.25, -0.2) is 0 Å². The van der Waals surface area contributed by atoms with Gasteiger partial charge in [0.1, 0.15) is 5.69 Å². The predicted octanol–water partition coefficient (Wildman–Crippen LogP) is 2.08. The van der Waals surface area contributed by atoms with E-state index in [1.807, 2.05) is 18.2 Å². The second kappa shape index (κ2) is 6.81. The fraction of sp³-hybridized carbons (Fsp3) is 0.375. The molecule has 1 saturated heterocycles. The maximum atomic E-state index is 13.1. The molecule has 8 nitrogen and oxygen atoms in total. The number of nitro groups is 1. The molecule has 1 aromatic heterocycles. The van der Waals surface area contributed by atoms with E-state index in [-0.39, 0.29) is 23.1 Å². The van der Waals surface area contributed by atoms with Crippen LogP contribution in [0.3, 0.4) is 0 Å². The van der Waals surface area contributed by atoms with E-state index in [9.17, 15) is 14.9 Å². The number of aryl methyl sites for hydroxylation is 2. The van der Waals surface area contributed by atoms with Crippen molar-refractivity contribution in [3.63, 3.8) is 0 Å². The van der Waals surface area contributed by atoms with E-state index in [1.165, 1.54) is 11.6 Å². The Bertz CT molecular complexity index is 835. The van der Waals surface area contributed by atoms with E-state index in [0.717, 1.165) is 5.56 Å². The van der Waals surface area contributed by atoms with Gasteiger partial charge >= 0.3 is 5.69 Å². The van der Waals surface area contributed by atoms with Crippen LogP contribution in [0.15, 0.2) is 24.3 Å². The van der Waals surface area contributed by atoms with Crippen molar-refractivity contribution >= 4 is 23.2 Å². The Labute approximate surface area is 149 Å². The molecule has 0 spiro atoms. The van der Waals surface area contributed by atoms with Gasteiger partial charge in [0.05, 0.1) is 11.0 Å². The Kier molecular flexibility index (Phi) is 4.73. The van der Waals surface area contributed by atoms with Crippen LogP contribution in [0.1, 0.15) is 27.8 Å². The number of nitrogens with one attached hydrogen (secondary N) is 1. The highest BCUT2D eigenvalue weighted by Crippen LogP contribution is 2.31. The standard InChI is InChI=1S/C16H18ClN5O3/c1-10-14(22(24)25)15(20(2)19-10)16(23)21-8-7-18-9-13(21)11-5-3-4-6-12(11)17/h3-6,13,18H,7-9H2,1-2H3. The number of aromatic nitrogens is 2. The summed E-state index contributed by atoms with van der Waals surface area (Å²) in [4.78, 5) is 25.6. The lowest BCUT2D eigenvalue weighted by Gasteiger charge is -2.36. The third kappa shape index (κ3) is 3.10. The van der Waals surface area contributed by atoms with E-state index in [0.29, 0.717) is 24.7 Å². The largest absolute Gasteiger partial charge is 0.327 e. The highest BCUT2D eigenvalue weighted by molar-refractivity contribution is 6.31. The van der Waals surface area contributed by atoms with Crippen LogP contribution in [0.4, 0.5) is 5.69 Å². The van der Waals surface area contributed by atoms with Gasteiger partial charge in [-0.2, -0.15) is 5.10 Å². The quantitative estimate of drug-likeness (QED) is 0.665. The number of hydrogen-bond donors (Lipinski definition) is 1. The van der Waals surface area contributed by atoms with Gasteiger partial charge in [-0.15, -0.1) is 0 Å². The van der Waals surface area contributed by atoms with Crippen LogP contribution in [0.5, 0.6) is 0 Å². The van der Waals surface area contributed by atoms with Gasteiger partial charge in [0, 0.05) is 31.7 Å². The lowest BCUT2D eigenvalue weighted by molar-refractivity contribution is -0.385. The lowest BCUT2D eigenvalue weighted by Crippen LogP contribution is -2.49. The molecule has 0 radical (unpaired) electrons. The Balaban J connectivity index is 2.03. The molecule has 132 valence electrons. The van der Waals surface area contributed by atoms with Gasteiger partial charge in [-0.05, 0) is 18.6 Å². The number of rotatable bonds is 3. The van der Waals surface area contributed by atoms with E-state index in [2.05, 4.69) is 10.4 Å². The monoisotopic (exact) mass is 363 g/mol. The Morgan fingerprint density at radius 3 is 2.84 bits per heavy atom. The zero-order chi connectivity index (χ0) is 18.1. The molecule has 1 fully saturated rings. The summed E-state index contributed by atoms with van der Waals surface area (Å²) in [6.45, 7) is 3.09. The number of halogens is 1. The van der Waals surface area contributed by atoms with E-state index < -0.39 is 10.8 Å². The minimum absolute atomic E-state index is 0.0125. The zero-order valence-electron chi connectivity index (χ0n) is 13.9. The predicted molar refractivity (Wildman–Crippen MR) is 92.7 cm³/mol. The van der Waals surface area contributed by atoms with Gasteiger partial charge in [0.2, 0.25) is 5.69 Å². The Hall–Kier alpha value is -2.45. The smallest absolute Gasteiger partial charge is 0.322 e. The van der Waals surface area contributed by atoms with E-state index in [1.54, 1.807) is 18.0 Å². The fourth-order valence-electron chi connectivity index (χ4n) is 3.21. The number of carbonyl (C=O) groups is 1. The number of amides is 1. The molecule has 1 amide bonds. The summed E-state index contributed by atoms with van der Waals surface area (Å²) in [6, 6.07) is 7.01. The summed E-state index contributed by atoms with van der Waals surface area (Å²) < 4.78 is 1.28. The molecule has 1 unspecified atom stereocenters. The molecule has 3 rings (SSSR count). The summed E-state index contributed by atoms with van der Waals surface area (Å²) in [5.74, 6) is -0.416. The summed E-state index contributed by atoms with van der Waals surface area (Å²) in [6.07, 6.45) is 0. The van der Waals surface area contributed by atoms with Crippen molar-refractivity contribution in [2.75, 3.05) is 19.6 Å². The minimum Gasteiger partial charge on any atom is -0.327 e. The third-order valence-electron chi connectivity index (χ3n) is 4.34. The third-order valence-corrected chi connectivity index (χ3v) is 4.69. The first-order chi connectivity index (χ1) is 11.9.